The third-order valence-corrected chi connectivity index (χ3v) is 3.64. The molecule has 0 saturated heterocycles. The first-order valence-electron chi connectivity index (χ1n) is 5.39. The second kappa shape index (κ2) is 5.21. The molecule has 0 saturated carbocycles. The second-order valence-corrected chi connectivity index (χ2v) is 6.65. The Bertz CT molecular complexity index is 591. The minimum Gasteiger partial charge on any atom is -0.406 e. The zero-order chi connectivity index (χ0) is 15.8. The maximum Gasteiger partial charge on any atom is 0.573 e. The molecule has 0 aliphatic carbocycles. The lowest BCUT2D eigenvalue weighted by atomic mass is 10.1. The minimum absolute atomic E-state index is 0.483. The van der Waals surface area contributed by atoms with E-state index in [9.17, 15) is 26.0 Å². The molecule has 0 aliphatic rings. The highest BCUT2D eigenvalue weighted by atomic mass is 32.2. The number of sulfonamides is 1. The van der Waals surface area contributed by atoms with E-state index in [1.54, 1.807) is 0 Å². The Morgan fingerprint density at radius 3 is 2.15 bits per heavy atom. The average molecular weight is 315 g/mol. The smallest absolute Gasteiger partial charge is 0.406 e. The lowest BCUT2D eigenvalue weighted by molar-refractivity contribution is -0.274. The average Bonchev–Trinajstić information content (AvgIpc) is 2.14. The third-order valence-electron chi connectivity index (χ3n) is 1.87. The molecular weight excluding hydrogens is 302 g/mol. The monoisotopic (exact) mass is 315 g/mol. The van der Waals surface area contributed by atoms with Gasteiger partial charge in [0.25, 0.3) is 0 Å². The number of alkyl halides is 3. The van der Waals surface area contributed by atoms with Gasteiger partial charge in [-0.05, 0) is 32.9 Å². The van der Waals surface area contributed by atoms with Crippen molar-refractivity contribution in [1.29, 1.82) is 0 Å². The van der Waals surface area contributed by atoms with Crippen molar-refractivity contribution in [3.8, 4) is 5.75 Å². The van der Waals surface area contributed by atoms with Gasteiger partial charge in [-0.1, -0.05) is 0 Å². The van der Waals surface area contributed by atoms with Crippen molar-refractivity contribution in [2.24, 2.45) is 0 Å². The number of nitrogens with one attached hydrogen (secondary N) is 1. The Hall–Kier alpha value is -1.35. The number of hydrogen-bond donors (Lipinski definition) is 1. The summed E-state index contributed by atoms with van der Waals surface area (Å²) in [7, 11) is -4.30. The Labute approximate surface area is 113 Å². The minimum atomic E-state index is -4.99. The fourth-order valence-corrected chi connectivity index (χ4v) is 2.86. The predicted octanol–water partition coefficient (Wildman–Crippen LogP) is 2.80. The molecular formula is C11H13F4NO3S. The molecule has 0 aliphatic heterocycles. The summed E-state index contributed by atoms with van der Waals surface area (Å²) in [4.78, 5) is -0.908. The normalized spacial score (nSPS) is 13.3. The maximum atomic E-state index is 13.5. The molecule has 0 unspecified atom stereocenters. The Morgan fingerprint density at radius 1 is 1.15 bits per heavy atom. The fourth-order valence-electron chi connectivity index (χ4n) is 1.34. The number of ether oxygens (including phenoxy) is 1. The highest BCUT2D eigenvalue weighted by molar-refractivity contribution is 7.89. The summed E-state index contributed by atoms with van der Waals surface area (Å²) in [6.07, 6.45) is -4.99. The van der Waals surface area contributed by atoms with Crippen LogP contribution < -0.4 is 9.46 Å². The van der Waals surface area contributed by atoms with Crippen LogP contribution in [0.2, 0.25) is 0 Å². The van der Waals surface area contributed by atoms with E-state index in [2.05, 4.69) is 9.46 Å². The first-order valence-corrected chi connectivity index (χ1v) is 6.88. The first-order chi connectivity index (χ1) is 8.80. The lowest BCUT2D eigenvalue weighted by Gasteiger charge is -2.20. The summed E-state index contributed by atoms with van der Waals surface area (Å²) in [5.74, 6) is -1.98. The van der Waals surface area contributed by atoms with Crippen molar-refractivity contribution in [3.05, 3.63) is 24.0 Å². The van der Waals surface area contributed by atoms with Gasteiger partial charge in [0.15, 0.2) is 0 Å². The molecule has 0 bridgehead atoms. The van der Waals surface area contributed by atoms with Crippen LogP contribution in [0.5, 0.6) is 5.75 Å². The van der Waals surface area contributed by atoms with Gasteiger partial charge in [0.2, 0.25) is 10.0 Å². The van der Waals surface area contributed by atoms with Crippen LogP contribution in [0.1, 0.15) is 20.8 Å². The van der Waals surface area contributed by atoms with Gasteiger partial charge in [-0.25, -0.2) is 17.5 Å². The van der Waals surface area contributed by atoms with E-state index in [1.165, 1.54) is 20.8 Å². The van der Waals surface area contributed by atoms with Crippen LogP contribution in [0.25, 0.3) is 0 Å². The van der Waals surface area contributed by atoms with Crippen LogP contribution in [0.3, 0.4) is 0 Å². The van der Waals surface area contributed by atoms with E-state index in [4.69, 9.17) is 0 Å². The van der Waals surface area contributed by atoms with Gasteiger partial charge in [0.1, 0.15) is 16.5 Å². The largest absolute Gasteiger partial charge is 0.573 e. The molecule has 114 valence electrons. The van der Waals surface area contributed by atoms with E-state index in [0.29, 0.717) is 18.2 Å². The van der Waals surface area contributed by atoms with Crippen LogP contribution in [-0.2, 0) is 10.0 Å². The van der Waals surface area contributed by atoms with E-state index in [1.807, 2.05) is 0 Å². The summed E-state index contributed by atoms with van der Waals surface area (Å²) in [6, 6.07) is 1.77. The molecule has 0 radical (unpaired) electrons. The zero-order valence-electron chi connectivity index (χ0n) is 10.9. The molecule has 4 nitrogen and oxygen atoms in total. The second-order valence-electron chi connectivity index (χ2n) is 5.00. The van der Waals surface area contributed by atoms with Crippen LogP contribution in [0.15, 0.2) is 23.1 Å². The molecule has 1 N–H and O–H groups in total. The Balaban J connectivity index is 3.21. The molecule has 0 aromatic heterocycles. The Morgan fingerprint density at radius 2 is 1.70 bits per heavy atom. The predicted molar refractivity (Wildman–Crippen MR) is 63.2 cm³/mol. The van der Waals surface area contributed by atoms with Gasteiger partial charge in [-0.15, -0.1) is 13.2 Å². The van der Waals surface area contributed by atoms with Gasteiger partial charge in [-0.3, -0.25) is 0 Å². The van der Waals surface area contributed by atoms with E-state index < -0.39 is 38.4 Å². The summed E-state index contributed by atoms with van der Waals surface area (Å²) in [5, 5.41) is 0. The van der Waals surface area contributed by atoms with E-state index >= 15 is 0 Å². The molecule has 1 rings (SSSR count). The van der Waals surface area contributed by atoms with Crippen LogP contribution in [-0.4, -0.2) is 20.3 Å². The quantitative estimate of drug-likeness (QED) is 0.873. The molecule has 1 aromatic carbocycles. The van der Waals surface area contributed by atoms with Crippen molar-refractivity contribution in [1.82, 2.24) is 4.72 Å². The highest BCUT2D eigenvalue weighted by Crippen LogP contribution is 2.27. The molecule has 9 heteroatoms. The van der Waals surface area contributed by atoms with Gasteiger partial charge in [0.05, 0.1) is 0 Å². The number of hydrogen-bond acceptors (Lipinski definition) is 3. The fraction of sp³-hybridized carbons (Fsp3) is 0.455. The summed E-state index contributed by atoms with van der Waals surface area (Å²) < 4.78 is 79.2. The van der Waals surface area contributed by atoms with Crippen molar-refractivity contribution < 1.29 is 30.7 Å². The van der Waals surface area contributed by atoms with E-state index in [-0.39, 0.29) is 0 Å². The highest BCUT2D eigenvalue weighted by Gasteiger charge is 2.32. The molecule has 0 amide bonds. The van der Waals surface area contributed by atoms with Crippen LogP contribution in [0, 0.1) is 5.82 Å². The molecule has 0 heterocycles. The number of rotatable bonds is 3. The van der Waals surface area contributed by atoms with Gasteiger partial charge in [0, 0.05) is 11.6 Å². The van der Waals surface area contributed by atoms with Crippen molar-refractivity contribution in [2.75, 3.05) is 0 Å². The van der Waals surface area contributed by atoms with Crippen LogP contribution in [0.4, 0.5) is 17.6 Å². The molecule has 0 fully saturated rings. The summed E-state index contributed by atoms with van der Waals surface area (Å²) in [5.41, 5.74) is -0.911. The van der Waals surface area contributed by atoms with Crippen LogP contribution >= 0.6 is 0 Å². The molecule has 0 spiro atoms. The molecule has 1 aromatic rings. The maximum absolute atomic E-state index is 13.5. The Kier molecular flexibility index (Phi) is 4.35. The number of benzene rings is 1. The van der Waals surface area contributed by atoms with Crippen molar-refractivity contribution >= 4 is 10.0 Å². The first kappa shape index (κ1) is 16.7. The third kappa shape index (κ3) is 4.97. The summed E-state index contributed by atoms with van der Waals surface area (Å²) in [6.45, 7) is 4.54. The standard InChI is InChI=1S/C11H13F4NO3S/c1-10(2,3)16-20(17,18)9-6-7(4-5-8(9)12)19-11(13,14)15/h4-6,16H,1-3H3. The SMILES string of the molecule is CC(C)(C)NS(=O)(=O)c1cc(OC(F)(F)F)ccc1F. The number of halogens is 4. The van der Waals surface area contributed by atoms with Gasteiger partial charge >= 0.3 is 6.36 Å². The molecule has 0 atom stereocenters. The van der Waals surface area contributed by atoms with Crippen molar-refractivity contribution in [2.45, 2.75) is 37.6 Å². The summed E-state index contributed by atoms with van der Waals surface area (Å²) >= 11 is 0. The van der Waals surface area contributed by atoms with Gasteiger partial charge in [-0.2, -0.15) is 0 Å². The zero-order valence-corrected chi connectivity index (χ0v) is 11.7. The van der Waals surface area contributed by atoms with Crippen molar-refractivity contribution in [3.63, 3.8) is 0 Å². The van der Waals surface area contributed by atoms with Gasteiger partial charge < -0.3 is 4.74 Å². The lowest BCUT2D eigenvalue weighted by Crippen LogP contribution is -2.40. The molecule has 20 heavy (non-hydrogen) atoms. The topological polar surface area (TPSA) is 55.4 Å². The van der Waals surface area contributed by atoms with E-state index in [0.717, 1.165) is 0 Å².